The van der Waals surface area contributed by atoms with E-state index in [1.165, 1.54) is 0 Å². The number of benzene rings is 1. The van der Waals surface area contributed by atoms with Crippen molar-refractivity contribution in [3.05, 3.63) is 29.6 Å². The Hall–Kier alpha value is -1.14. The summed E-state index contributed by atoms with van der Waals surface area (Å²) >= 11 is 0. The third kappa shape index (κ3) is 5.09. The fourth-order valence-corrected chi connectivity index (χ4v) is 2.44. The van der Waals surface area contributed by atoms with Crippen LogP contribution < -0.4 is 5.32 Å². The monoisotopic (exact) mass is 321 g/mol. The molecule has 1 amide bonds. The number of carbonyl (C=O) groups excluding carboxylic acids is 1. The predicted octanol–water partition coefficient (Wildman–Crippen LogP) is 3.06. The van der Waals surface area contributed by atoms with Crippen LogP contribution in [0.1, 0.15) is 43.0 Å². The lowest BCUT2D eigenvalue weighted by Gasteiger charge is -2.06. The molecule has 0 fully saturated rings. The van der Waals surface area contributed by atoms with Crippen molar-refractivity contribution in [1.82, 2.24) is 5.32 Å². The zero-order chi connectivity index (χ0) is 15.2. The van der Waals surface area contributed by atoms with Crippen molar-refractivity contribution in [2.45, 2.75) is 37.5 Å². The van der Waals surface area contributed by atoms with Crippen LogP contribution in [0.15, 0.2) is 23.1 Å². The molecule has 0 radical (unpaired) electrons. The Kier molecular flexibility index (Phi) is 6.42. The van der Waals surface area contributed by atoms with Crippen LogP contribution in [0.25, 0.3) is 0 Å². The molecule has 1 N–H and O–H groups in total. The first-order valence-electron chi connectivity index (χ1n) is 6.38. The molecule has 0 spiro atoms. The number of rotatable bonds is 7. The lowest BCUT2D eigenvalue weighted by atomic mass is 10.2. The summed E-state index contributed by atoms with van der Waals surface area (Å²) in [5.41, 5.74) is -0.190. The van der Waals surface area contributed by atoms with Crippen LogP contribution in [0.5, 0.6) is 0 Å². The molecule has 0 aliphatic rings. The minimum absolute atomic E-state index is 0.190. The fraction of sp³-hybridized carbons (Fsp3) is 0.462. The number of unbranched alkanes of at least 4 members (excludes halogenated alkanes) is 3. The van der Waals surface area contributed by atoms with E-state index in [4.69, 9.17) is 10.7 Å². The van der Waals surface area contributed by atoms with E-state index in [2.05, 4.69) is 12.2 Å². The number of carbonyl (C=O) groups is 1. The van der Waals surface area contributed by atoms with E-state index in [9.17, 15) is 17.6 Å². The third-order valence-corrected chi connectivity index (χ3v) is 4.13. The summed E-state index contributed by atoms with van der Waals surface area (Å²) in [7, 11) is 1.11. The molecule has 0 heterocycles. The summed E-state index contributed by atoms with van der Waals surface area (Å²) in [4.78, 5) is 11.4. The number of nitrogens with one attached hydrogen (secondary N) is 1. The Morgan fingerprint density at radius 2 is 2.00 bits per heavy atom. The van der Waals surface area contributed by atoms with Gasteiger partial charge in [-0.15, -0.1) is 0 Å². The highest BCUT2D eigenvalue weighted by molar-refractivity contribution is 8.13. The highest BCUT2D eigenvalue weighted by atomic mass is 35.7. The van der Waals surface area contributed by atoms with Gasteiger partial charge < -0.3 is 5.32 Å². The summed E-state index contributed by atoms with van der Waals surface area (Å²) in [5.74, 6) is -1.46. The average molecular weight is 322 g/mol. The molecule has 0 bridgehead atoms. The largest absolute Gasteiger partial charge is 0.352 e. The summed E-state index contributed by atoms with van der Waals surface area (Å²) in [5, 5.41) is 2.60. The van der Waals surface area contributed by atoms with Crippen molar-refractivity contribution in [2.24, 2.45) is 0 Å². The van der Waals surface area contributed by atoms with Gasteiger partial charge in [0, 0.05) is 17.2 Å². The van der Waals surface area contributed by atoms with Crippen LogP contribution in [-0.2, 0) is 9.05 Å². The lowest BCUT2D eigenvalue weighted by molar-refractivity contribution is 0.0949. The van der Waals surface area contributed by atoms with Gasteiger partial charge in [-0.2, -0.15) is 0 Å². The number of halogens is 2. The van der Waals surface area contributed by atoms with E-state index in [1.807, 2.05) is 0 Å². The van der Waals surface area contributed by atoms with Crippen LogP contribution in [0, 0.1) is 5.82 Å². The predicted molar refractivity (Wildman–Crippen MR) is 75.9 cm³/mol. The van der Waals surface area contributed by atoms with Crippen LogP contribution in [0.3, 0.4) is 0 Å². The molecular formula is C13H17ClFNO3S. The molecule has 0 atom stereocenters. The van der Waals surface area contributed by atoms with Crippen LogP contribution in [0.2, 0.25) is 0 Å². The van der Waals surface area contributed by atoms with E-state index in [0.29, 0.717) is 6.54 Å². The van der Waals surface area contributed by atoms with Crippen molar-refractivity contribution >= 4 is 25.6 Å². The minimum atomic E-state index is -3.99. The normalized spacial score (nSPS) is 11.3. The Morgan fingerprint density at radius 1 is 1.30 bits per heavy atom. The minimum Gasteiger partial charge on any atom is -0.352 e. The van der Waals surface area contributed by atoms with Gasteiger partial charge in [0.25, 0.3) is 15.0 Å². The molecule has 7 heteroatoms. The second-order valence-corrected chi connectivity index (χ2v) is 6.96. The van der Waals surface area contributed by atoms with Crippen molar-refractivity contribution in [3.8, 4) is 0 Å². The van der Waals surface area contributed by atoms with Gasteiger partial charge in [-0.3, -0.25) is 4.79 Å². The molecule has 112 valence electrons. The Balaban J connectivity index is 2.65. The summed E-state index contributed by atoms with van der Waals surface area (Å²) in [6.07, 6.45) is 4.02. The first-order chi connectivity index (χ1) is 9.36. The molecule has 1 aromatic carbocycles. The number of amides is 1. The molecular weight excluding hydrogens is 305 g/mol. The van der Waals surface area contributed by atoms with Gasteiger partial charge in [-0.25, -0.2) is 12.8 Å². The van der Waals surface area contributed by atoms with Gasteiger partial charge in [0.05, 0.1) is 10.5 Å². The first kappa shape index (κ1) is 16.9. The molecule has 0 aliphatic carbocycles. The van der Waals surface area contributed by atoms with Crippen molar-refractivity contribution in [3.63, 3.8) is 0 Å². The van der Waals surface area contributed by atoms with Crippen molar-refractivity contribution in [2.75, 3.05) is 6.54 Å². The molecule has 1 aromatic rings. The first-order valence-corrected chi connectivity index (χ1v) is 8.69. The van der Waals surface area contributed by atoms with E-state index in [0.717, 1.165) is 43.9 Å². The van der Waals surface area contributed by atoms with E-state index in [-0.39, 0.29) is 10.5 Å². The fourth-order valence-electron chi connectivity index (χ4n) is 1.68. The van der Waals surface area contributed by atoms with Gasteiger partial charge in [-0.05, 0) is 24.6 Å². The Labute approximate surface area is 122 Å². The number of hydrogen-bond donors (Lipinski definition) is 1. The van der Waals surface area contributed by atoms with Crippen molar-refractivity contribution < 1.29 is 17.6 Å². The highest BCUT2D eigenvalue weighted by Gasteiger charge is 2.16. The van der Waals surface area contributed by atoms with Gasteiger partial charge in [-0.1, -0.05) is 26.2 Å². The topological polar surface area (TPSA) is 63.2 Å². The molecule has 1 rings (SSSR count). The smallest absolute Gasteiger partial charge is 0.261 e. The molecule has 0 saturated carbocycles. The Bertz CT molecular complexity index is 575. The second-order valence-electron chi connectivity index (χ2n) is 4.40. The maximum absolute atomic E-state index is 13.7. The molecule has 0 aromatic heterocycles. The van der Waals surface area contributed by atoms with Gasteiger partial charge in [0.1, 0.15) is 5.82 Å². The van der Waals surface area contributed by atoms with Crippen LogP contribution in [-0.4, -0.2) is 20.9 Å². The quantitative estimate of drug-likeness (QED) is 0.620. The maximum Gasteiger partial charge on any atom is 0.261 e. The van der Waals surface area contributed by atoms with Crippen LogP contribution >= 0.6 is 10.7 Å². The summed E-state index contributed by atoms with van der Waals surface area (Å²) < 4.78 is 35.8. The summed E-state index contributed by atoms with van der Waals surface area (Å²) in [6, 6.07) is 2.97. The van der Waals surface area contributed by atoms with Gasteiger partial charge >= 0.3 is 0 Å². The maximum atomic E-state index is 13.7. The third-order valence-electron chi connectivity index (χ3n) is 2.78. The standard InChI is InChI=1S/C13H17ClFNO3S/c1-2-3-4-5-8-16-13(17)11-7-6-10(9-12(11)15)20(14,18)19/h6-7,9H,2-5,8H2,1H3,(H,16,17). The molecule has 0 unspecified atom stereocenters. The van der Waals surface area contributed by atoms with Gasteiger partial charge in [0.15, 0.2) is 0 Å². The zero-order valence-corrected chi connectivity index (χ0v) is 12.7. The Morgan fingerprint density at radius 3 is 2.55 bits per heavy atom. The van der Waals surface area contributed by atoms with E-state index < -0.39 is 20.8 Å². The number of hydrogen-bond acceptors (Lipinski definition) is 3. The van der Waals surface area contributed by atoms with Crippen LogP contribution in [0.4, 0.5) is 4.39 Å². The zero-order valence-electron chi connectivity index (χ0n) is 11.2. The SMILES string of the molecule is CCCCCCNC(=O)c1ccc(S(=O)(=O)Cl)cc1F. The average Bonchev–Trinajstić information content (AvgIpc) is 2.37. The molecule has 4 nitrogen and oxygen atoms in total. The van der Waals surface area contributed by atoms with E-state index >= 15 is 0 Å². The second kappa shape index (κ2) is 7.59. The van der Waals surface area contributed by atoms with Gasteiger partial charge in [0.2, 0.25) is 0 Å². The molecule has 0 saturated heterocycles. The molecule has 0 aliphatic heterocycles. The summed E-state index contributed by atoms with van der Waals surface area (Å²) in [6.45, 7) is 2.55. The van der Waals surface area contributed by atoms with E-state index in [1.54, 1.807) is 0 Å². The highest BCUT2D eigenvalue weighted by Crippen LogP contribution is 2.18. The molecule has 20 heavy (non-hydrogen) atoms. The lowest BCUT2D eigenvalue weighted by Crippen LogP contribution is -2.25. The van der Waals surface area contributed by atoms with Crippen molar-refractivity contribution in [1.29, 1.82) is 0 Å².